The first-order chi connectivity index (χ1) is 19.0. The fourth-order valence-corrected chi connectivity index (χ4v) is 5.46. The van der Waals surface area contributed by atoms with Crippen molar-refractivity contribution < 1.29 is 30.9 Å². The number of benzene rings is 4. The van der Waals surface area contributed by atoms with E-state index in [1.165, 1.54) is 0 Å². The molecule has 1 N–H and O–H groups in total. The number of ether oxygens (including phenoxy) is 1. The fourth-order valence-electron chi connectivity index (χ4n) is 5.46. The van der Waals surface area contributed by atoms with Gasteiger partial charge in [0.15, 0.2) is 0 Å². The van der Waals surface area contributed by atoms with Crippen LogP contribution in [0.4, 0.5) is 0 Å². The van der Waals surface area contributed by atoms with Crippen molar-refractivity contribution >= 4 is 43.5 Å². The molecular formula is C34H26N3O2Pt-. The van der Waals surface area contributed by atoms with Crippen LogP contribution in [-0.4, -0.2) is 19.6 Å². The Labute approximate surface area is 246 Å². The summed E-state index contributed by atoms with van der Waals surface area (Å²) in [6.45, 7) is 6.13. The van der Waals surface area contributed by atoms with Crippen LogP contribution in [0.1, 0.15) is 30.9 Å². The third-order valence-corrected chi connectivity index (χ3v) is 7.42. The number of para-hydroxylation sites is 1. The Balaban J connectivity index is 0.00000289. The van der Waals surface area contributed by atoms with Crippen LogP contribution in [0.15, 0.2) is 91.1 Å². The minimum atomic E-state index is 0. The minimum Gasteiger partial charge on any atom is -0.505 e. The molecule has 40 heavy (non-hydrogen) atoms. The third kappa shape index (κ3) is 4.13. The number of phenolic OH excluding ortho intramolecular Hbond substituents is 1. The number of rotatable bonds is 4. The van der Waals surface area contributed by atoms with Gasteiger partial charge in [0, 0.05) is 55.4 Å². The number of aromatic nitrogens is 3. The standard InChI is InChI=1S/C34H26N3O2.Pt/c1-20(2)28-19-31(36-32-27(28)14-12-21(3)33(32)38)39-23-13-15-26-25-10-6-7-11-29(25)37(30(26)18-23)34-24-9-5-4-8-22(24)16-17-35-34;/h4-17,19-20,38H,1-3H3;/q-1;. The number of pyridine rings is 2. The molecule has 4 aromatic carbocycles. The van der Waals surface area contributed by atoms with Gasteiger partial charge in [0.05, 0.1) is 0 Å². The third-order valence-electron chi connectivity index (χ3n) is 7.42. The molecule has 0 aliphatic carbocycles. The van der Waals surface area contributed by atoms with Crippen LogP contribution in [0.3, 0.4) is 0 Å². The van der Waals surface area contributed by atoms with Crippen LogP contribution in [0.2, 0.25) is 0 Å². The number of nitrogens with zero attached hydrogens (tertiary/aromatic N) is 3. The number of hydrogen-bond donors (Lipinski definition) is 1. The van der Waals surface area contributed by atoms with Crippen molar-refractivity contribution in [3.8, 4) is 23.2 Å². The zero-order valence-electron chi connectivity index (χ0n) is 22.3. The number of phenols is 1. The molecule has 0 atom stereocenters. The molecule has 7 rings (SSSR count). The molecule has 5 nitrogen and oxygen atoms in total. The number of aryl methyl sites for hydroxylation is 1. The fraction of sp³-hybridized carbons (Fsp3) is 0.118. The van der Waals surface area contributed by atoms with E-state index < -0.39 is 0 Å². The summed E-state index contributed by atoms with van der Waals surface area (Å²) in [5.74, 6) is 2.22. The Kier molecular flexibility index (Phi) is 6.56. The van der Waals surface area contributed by atoms with Crippen LogP contribution in [0.5, 0.6) is 17.4 Å². The summed E-state index contributed by atoms with van der Waals surface area (Å²) < 4.78 is 8.50. The number of fused-ring (bicyclic) bond motifs is 5. The summed E-state index contributed by atoms with van der Waals surface area (Å²) in [4.78, 5) is 9.52. The van der Waals surface area contributed by atoms with Crippen molar-refractivity contribution in [1.82, 2.24) is 14.5 Å². The molecule has 7 aromatic rings. The summed E-state index contributed by atoms with van der Waals surface area (Å²) in [6.07, 6.45) is 1.85. The molecule has 0 fully saturated rings. The quantitative estimate of drug-likeness (QED) is 0.187. The van der Waals surface area contributed by atoms with E-state index in [1.807, 2.05) is 67.7 Å². The van der Waals surface area contributed by atoms with Crippen LogP contribution in [-0.2, 0) is 21.1 Å². The molecule has 0 amide bonds. The first-order valence-corrected chi connectivity index (χ1v) is 13.1. The second-order valence-electron chi connectivity index (χ2n) is 10.2. The Morgan fingerprint density at radius 1 is 0.850 bits per heavy atom. The van der Waals surface area contributed by atoms with E-state index in [1.54, 1.807) is 0 Å². The van der Waals surface area contributed by atoms with E-state index in [2.05, 4.69) is 54.8 Å². The van der Waals surface area contributed by atoms with Gasteiger partial charge in [-0.3, -0.25) is 0 Å². The maximum atomic E-state index is 10.8. The van der Waals surface area contributed by atoms with Gasteiger partial charge in [0.1, 0.15) is 17.1 Å². The van der Waals surface area contributed by atoms with Crippen LogP contribution >= 0.6 is 0 Å². The van der Waals surface area contributed by atoms with Gasteiger partial charge in [-0.15, -0.1) is 17.5 Å². The van der Waals surface area contributed by atoms with Crippen molar-refractivity contribution in [1.29, 1.82) is 0 Å². The molecule has 0 saturated carbocycles. The van der Waals surface area contributed by atoms with Crippen molar-refractivity contribution in [2.75, 3.05) is 0 Å². The van der Waals surface area contributed by atoms with Gasteiger partial charge in [-0.25, -0.2) is 9.97 Å². The molecule has 3 aromatic heterocycles. The van der Waals surface area contributed by atoms with Crippen molar-refractivity contribution in [3.63, 3.8) is 0 Å². The number of aromatic hydroxyl groups is 1. The zero-order valence-corrected chi connectivity index (χ0v) is 24.5. The number of hydrogen-bond acceptors (Lipinski definition) is 4. The van der Waals surface area contributed by atoms with E-state index in [-0.39, 0.29) is 32.7 Å². The average Bonchev–Trinajstić information content (AvgIpc) is 3.28. The topological polar surface area (TPSA) is 60.2 Å². The van der Waals surface area contributed by atoms with Crippen LogP contribution in [0, 0.1) is 13.0 Å². The van der Waals surface area contributed by atoms with E-state index in [0.29, 0.717) is 17.1 Å². The van der Waals surface area contributed by atoms with E-state index in [4.69, 9.17) is 14.7 Å². The van der Waals surface area contributed by atoms with Crippen molar-refractivity contribution in [2.24, 2.45) is 0 Å². The zero-order chi connectivity index (χ0) is 26.7. The smallest absolute Gasteiger partial charge is 0.217 e. The van der Waals surface area contributed by atoms with Crippen molar-refractivity contribution in [3.05, 3.63) is 108 Å². The van der Waals surface area contributed by atoms with Crippen molar-refractivity contribution in [2.45, 2.75) is 26.7 Å². The van der Waals surface area contributed by atoms with Gasteiger partial charge < -0.3 is 14.4 Å². The molecule has 0 saturated heterocycles. The van der Waals surface area contributed by atoms with Gasteiger partial charge >= 0.3 is 0 Å². The Morgan fingerprint density at radius 3 is 2.42 bits per heavy atom. The average molecular weight is 704 g/mol. The molecule has 0 spiro atoms. The second kappa shape index (κ2) is 10.1. The summed E-state index contributed by atoms with van der Waals surface area (Å²) in [5, 5.41) is 16.1. The first kappa shape index (κ1) is 26.0. The van der Waals surface area contributed by atoms with Gasteiger partial charge in [-0.1, -0.05) is 74.0 Å². The maximum absolute atomic E-state index is 10.8. The molecule has 0 aliphatic heterocycles. The molecule has 0 aliphatic rings. The predicted molar refractivity (Wildman–Crippen MR) is 157 cm³/mol. The minimum absolute atomic E-state index is 0. The van der Waals surface area contributed by atoms with Gasteiger partial charge in [0.25, 0.3) is 0 Å². The molecule has 3 heterocycles. The largest absolute Gasteiger partial charge is 0.505 e. The molecule has 6 heteroatoms. The Hall–Kier alpha value is -4.21. The van der Waals surface area contributed by atoms with Gasteiger partial charge in [-0.05, 0) is 46.9 Å². The second-order valence-corrected chi connectivity index (χ2v) is 10.2. The summed E-state index contributed by atoms with van der Waals surface area (Å²) >= 11 is 0. The SMILES string of the molecule is Cc1ccc2c(C(C)C)cc(Oc3[c-]c4c(cc3)c3ccccc3n4-c3nccc4ccccc34)nc2c1O.[Pt]. The maximum Gasteiger partial charge on any atom is 0.217 e. The first-order valence-electron chi connectivity index (χ1n) is 13.1. The van der Waals surface area contributed by atoms with E-state index >= 15 is 0 Å². The molecule has 0 unspecified atom stereocenters. The molecule has 0 bridgehead atoms. The summed E-state index contributed by atoms with van der Waals surface area (Å²) in [5.41, 5.74) is 4.32. The summed E-state index contributed by atoms with van der Waals surface area (Å²) in [7, 11) is 0. The monoisotopic (exact) mass is 703 g/mol. The van der Waals surface area contributed by atoms with E-state index in [9.17, 15) is 5.11 Å². The molecule has 0 radical (unpaired) electrons. The van der Waals surface area contributed by atoms with Crippen LogP contribution < -0.4 is 4.74 Å². The summed E-state index contributed by atoms with van der Waals surface area (Å²) in [6, 6.07) is 32.0. The van der Waals surface area contributed by atoms with Crippen LogP contribution in [0.25, 0.3) is 49.3 Å². The normalized spacial score (nSPS) is 11.5. The molecule has 200 valence electrons. The van der Waals surface area contributed by atoms with E-state index in [0.717, 1.165) is 54.9 Å². The predicted octanol–water partition coefficient (Wildman–Crippen LogP) is 8.61. The van der Waals surface area contributed by atoms with Gasteiger partial charge in [0.2, 0.25) is 5.88 Å². The Morgan fingerprint density at radius 2 is 1.60 bits per heavy atom. The van der Waals surface area contributed by atoms with Gasteiger partial charge in [-0.2, -0.15) is 6.07 Å². The Bertz CT molecular complexity index is 2060. The molecular weight excluding hydrogens is 677 g/mol.